The maximum absolute atomic E-state index is 13.7. The van der Waals surface area contributed by atoms with Gasteiger partial charge < -0.3 is 4.90 Å². The Kier molecular flexibility index (Phi) is 5.20. The number of carbonyl (C=O) groups excluding carboxylic acids is 1. The highest BCUT2D eigenvalue weighted by Gasteiger charge is 2.32. The van der Waals surface area contributed by atoms with Gasteiger partial charge in [0.05, 0.1) is 34.3 Å². The molecule has 0 spiro atoms. The standard InChI is InChI=1S/C21H24FN5O3S/c1-21(2,3)31(29,30)25-20(28)17-13-24-27-8-6-16(10-19(17)27)26-7-4-5-18(26)14-9-15(22)12-23-11-14/h6,8-13,18H,4-5,7H2,1-3H3,(H,25,28)/t18-/m1/s1. The summed E-state index contributed by atoms with van der Waals surface area (Å²) in [4.78, 5) is 18.8. The molecule has 0 saturated carbocycles. The predicted molar refractivity (Wildman–Crippen MR) is 115 cm³/mol. The lowest BCUT2D eigenvalue weighted by molar-refractivity contribution is 0.0982. The molecule has 1 atom stereocenters. The van der Waals surface area contributed by atoms with E-state index in [0.717, 1.165) is 30.6 Å². The van der Waals surface area contributed by atoms with Gasteiger partial charge in [-0.05, 0) is 57.4 Å². The minimum Gasteiger partial charge on any atom is -0.364 e. The number of nitrogens with one attached hydrogen (secondary N) is 1. The van der Waals surface area contributed by atoms with E-state index in [1.54, 1.807) is 18.5 Å². The van der Waals surface area contributed by atoms with Crippen LogP contribution in [0.1, 0.15) is 55.6 Å². The molecule has 164 valence electrons. The van der Waals surface area contributed by atoms with Crippen molar-refractivity contribution in [1.82, 2.24) is 19.3 Å². The topological polar surface area (TPSA) is 96.7 Å². The van der Waals surface area contributed by atoms with Crippen LogP contribution in [0.15, 0.2) is 43.0 Å². The molecular formula is C21H24FN5O3S. The molecule has 0 aliphatic carbocycles. The molecule has 31 heavy (non-hydrogen) atoms. The van der Waals surface area contributed by atoms with E-state index in [4.69, 9.17) is 0 Å². The molecular weight excluding hydrogens is 421 g/mol. The summed E-state index contributed by atoms with van der Waals surface area (Å²) in [6, 6.07) is 5.13. The Morgan fingerprint density at radius 2 is 2.00 bits per heavy atom. The number of carbonyl (C=O) groups is 1. The number of pyridine rings is 2. The lowest BCUT2D eigenvalue weighted by Crippen LogP contribution is -2.42. The van der Waals surface area contributed by atoms with Crippen molar-refractivity contribution in [2.75, 3.05) is 11.4 Å². The molecule has 0 unspecified atom stereocenters. The van der Waals surface area contributed by atoms with Crippen molar-refractivity contribution in [3.05, 3.63) is 59.9 Å². The average molecular weight is 446 g/mol. The van der Waals surface area contributed by atoms with E-state index in [-0.39, 0.29) is 17.4 Å². The van der Waals surface area contributed by atoms with Crippen LogP contribution in [0, 0.1) is 5.82 Å². The second-order valence-corrected chi connectivity index (χ2v) is 11.0. The highest BCUT2D eigenvalue weighted by Crippen LogP contribution is 2.36. The van der Waals surface area contributed by atoms with Crippen LogP contribution in [0.25, 0.3) is 5.52 Å². The number of fused-ring (bicyclic) bond motifs is 1. The highest BCUT2D eigenvalue weighted by atomic mass is 32.2. The summed E-state index contributed by atoms with van der Waals surface area (Å²) in [5, 5.41) is 4.17. The van der Waals surface area contributed by atoms with E-state index in [0.29, 0.717) is 5.52 Å². The molecule has 8 nitrogen and oxygen atoms in total. The van der Waals surface area contributed by atoms with Crippen LogP contribution >= 0.6 is 0 Å². The van der Waals surface area contributed by atoms with Crippen LogP contribution in [-0.2, 0) is 10.0 Å². The molecule has 3 aromatic heterocycles. The molecule has 1 aliphatic rings. The summed E-state index contributed by atoms with van der Waals surface area (Å²) >= 11 is 0. The van der Waals surface area contributed by atoms with E-state index < -0.39 is 20.7 Å². The molecule has 1 N–H and O–H groups in total. The van der Waals surface area contributed by atoms with Gasteiger partial charge in [0.1, 0.15) is 5.82 Å². The molecule has 0 aromatic carbocycles. The molecule has 1 saturated heterocycles. The number of amides is 1. The maximum atomic E-state index is 13.7. The van der Waals surface area contributed by atoms with Crippen LogP contribution in [0.2, 0.25) is 0 Å². The minimum absolute atomic E-state index is 0.0351. The summed E-state index contributed by atoms with van der Waals surface area (Å²) in [7, 11) is -3.86. The van der Waals surface area contributed by atoms with Gasteiger partial charge in [0, 0.05) is 24.6 Å². The zero-order chi connectivity index (χ0) is 22.4. The van der Waals surface area contributed by atoms with Gasteiger partial charge in [-0.1, -0.05) is 0 Å². The Balaban J connectivity index is 1.68. The highest BCUT2D eigenvalue weighted by molar-refractivity contribution is 7.91. The van der Waals surface area contributed by atoms with Gasteiger partial charge in [-0.25, -0.2) is 22.0 Å². The quantitative estimate of drug-likeness (QED) is 0.663. The molecule has 3 aromatic rings. The third kappa shape index (κ3) is 3.99. The number of hydrogen-bond donors (Lipinski definition) is 1. The van der Waals surface area contributed by atoms with Crippen LogP contribution in [-0.4, -0.2) is 40.2 Å². The van der Waals surface area contributed by atoms with Crippen LogP contribution < -0.4 is 9.62 Å². The third-order valence-corrected chi connectivity index (χ3v) is 7.54. The van der Waals surface area contributed by atoms with Gasteiger partial charge in [0.2, 0.25) is 10.0 Å². The first-order chi connectivity index (χ1) is 14.6. The Morgan fingerprint density at radius 3 is 2.71 bits per heavy atom. The molecule has 4 heterocycles. The molecule has 0 radical (unpaired) electrons. The smallest absolute Gasteiger partial charge is 0.268 e. The lowest BCUT2D eigenvalue weighted by atomic mass is 10.1. The van der Waals surface area contributed by atoms with Gasteiger partial charge in [-0.15, -0.1) is 0 Å². The van der Waals surface area contributed by atoms with Crippen molar-refractivity contribution in [2.24, 2.45) is 0 Å². The minimum atomic E-state index is -3.86. The van der Waals surface area contributed by atoms with Crippen molar-refractivity contribution in [1.29, 1.82) is 0 Å². The number of nitrogens with zero attached hydrogens (tertiary/aromatic N) is 4. The molecule has 4 rings (SSSR count). The average Bonchev–Trinajstić information content (AvgIpc) is 3.33. The number of rotatable bonds is 4. The van der Waals surface area contributed by atoms with Crippen molar-refractivity contribution in [2.45, 2.75) is 44.4 Å². The van der Waals surface area contributed by atoms with Crippen molar-refractivity contribution in [3.8, 4) is 0 Å². The number of halogens is 1. The van der Waals surface area contributed by atoms with Gasteiger partial charge in [-0.2, -0.15) is 5.10 Å². The van der Waals surface area contributed by atoms with Crippen molar-refractivity contribution >= 4 is 27.1 Å². The summed E-state index contributed by atoms with van der Waals surface area (Å²) in [5.74, 6) is -1.11. The van der Waals surface area contributed by atoms with Crippen molar-refractivity contribution < 1.29 is 17.6 Å². The predicted octanol–water partition coefficient (Wildman–Crippen LogP) is 3.07. The van der Waals surface area contributed by atoms with Gasteiger partial charge in [-0.3, -0.25) is 9.78 Å². The second-order valence-electron chi connectivity index (χ2n) is 8.61. The molecule has 1 aliphatic heterocycles. The number of sulfonamides is 1. The second kappa shape index (κ2) is 7.60. The van der Waals surface area contributed by atoms with E-state index in [1.165, 1.54) is 43.7 Å². The Bertz CT molecular complexity index is 1250. The third-order valence-electron chi connectivity index (χ3n) is 5.48. The van der Waals surface area contributed by atoms with Gasteiger partial charge >= 0.3 is 0 Å². The molecule has 1 fully saturated rings. The summed E-state index contributed by atoms with van der Waals surface area (Å²) in [6.45, 7) is 5.33. The van der Waals surface area contributed by atoms with E-state index in [2.05, 4.69) is 19.7 Å². The first kappa shape index (κ1) is 21.2. The SMILES string of the molecule is CC(C)(C)S(=O)(=O)NC(=O)c1cnn2ccc(N3CCC[C@@H]3c3cncc(F)c3)cc12. The first-order valence-corrected chi connectivity index (χ1v) is 11.5. The van der Waals surface area contributed by atoms with Crippen LogP contribution in [0.4, 0.5) is 10.1 Å². The van der Waals surface area contributed by atoms with Gasteiger partial charge in [0.15, 0.2) is 0 Å². The fourth-order valence-electron chi connectivity index (χ4n) is 3.69. The van der Waals surface area contributed by atoms with Crippen molar-refractivity contribution in [3.63, 3.8) is 0 Å². The van der Waals surface area contributed by atoms with Crippen LogP contribution in [0.5, 0.6) is 0 Å². The fraction of sp³-hybridized carbons (Fsp3) is 0.381. The normalized spacial score (nSPS) is 17.3. The van der Waals surface area contributed by atoms with E-state index in [1.807, 2.05) is 6.07 Å². The first-order valence-electron chi connectivity index (χ1n) is 9.98. The summed E-state index contributed by atoms with van der Waals surface area (Å²) in [6.07, 6.45) is 7.70. The molecule has 0 bridgehead atoms. The number of hydrogen-bond acceptors (Lipinski definition) is 6. The number of aromatic nitrogens is 3. The van der Waals surface area contributed by atoms with Gasteiger partial charge in [0.25, 0.3) is 5.91 Å². The van der Waals surface area contributed by atoms with Crippen LogP contribution in [0.3, 0.4) is 0 Å². The maximum Gasteiger partial charge on any atom is 0.268 e. The zero-order valence-electron chi connectivity index (χ0n) is 17.5. The Labute approximate surface area is 180 Å². The summed E-state index contributed by atoms with van der Waals surface area (Å²) in [5.41, 5.74) is 2.28. The summed E-state index contributed by atoms with van der Waals surface area (Å²) < 4.78 is 41.0. The largest absolute Gasteiger partial charge is 0.364 e. The zero-order valence-corrected chi connectivity index (χ0v) is 18.4. The molecule has 1 amide bonds. The van der Waals surface area contributed by atoms with E-state index >= 15 is 0 Å². The lowest BCUT2D eigenvalue weighted by Gasteiger charge is -2.27. The monoisotopic (exact) mass is 445 g/mol. The Hall–Kier alpha value is -3.01. The molecule has 10 heteroatoms. The van der Waals surface area contributed by atoms with E-state index in [9.17, 15) is 17.6 Å². The fourth-order valence-corrected chi connectivity index (χ4v) is 4.35. The number of anilines is 1. The Morgan fingerprint density at radius 1 is 1.23 bits per heavy atom.